The minimum Gasteiger partial charge on any atom is -0.377 e. The fraction of sp³-hybridized carbons (Fsp3) is 0.846. The Balaban J connectivity index is 2.12. The van der Waals surface area contributed by atoms with Gasteiger partial charge in [-0.15, -0.1) is 0 Å². The first-order valence-electron chi connectivity index (χ1n) is 6.98. The molecule has 2 amide bonds. The van der Waals surface area contributed by atoms with Crippen LogP contribution in [0.5, 0.6) is 0 Å². The summed E-state index contributed by atoms with van der Waals surface area (Å²) >= 11 is 0. The van der Waals surface area contributed by atoms with Crippen LogP contribution in [0.1, 0.15) is 32.1 Å². The molecule has 19 heavy (non-hydrogen) atoms. The van der Waals surface area contributed by atoms with E-state index in [9.17, 15) is 9.59 Å². The van der Waals surface area contributed by atoms with Crippen LogP contribution < -0.4 is 11.1 Å². The summed E-state index contributed by atoms with van der Waals surface area (Å²) in [6.07, 6.45) is 4.52. The van der Waals surface area contributed by atoms with Crippen molar-refractivity contribution < 1.29 is 14.3 Å². The fourth-order valence-corrected chi connectivity index (χ4v) is 2.91. The standard InChI is InChI=1S/C13H23N3O3/c1-15-11(17)10-9-19-8-7-16(10)12(18)13(14)5-3-2-4-6-13/h10H,2-9,14H2,1H3,(H,15,17). The van der Waals surface area contributed by atoms with Gasteiger partial charge in [0.15, 0.2) is 0 Å². The van der Waals surface area contributed by atoms with Gasteiger partial charge < -0.3 is 20.7 Å². The Morgan fingerprint density at radius 1 is 1.32 bits per heavy atom. The quantitative estimate of drug-likeness (QED) is 0.716. The molecule has 108 valence electrons. The van der Waals surface area contributed by atoms with E-state index in [2.05, 4.69) is 5.32 Å². The van der Waals surface area contributed by atoms with E-state index in [0.29, 0.717) is 26.0 Å². The van der Waals surface area contributed by atoms with E-state index >= 15 is 0 Å². The summed E-state index contributed by atoms with van der Waals surface area (Å²) in [4.78, 5) is 26.1. The van der Waals surface area contributed by atoms with E-state index in [1.54, 1.807) is 11.9 Å². The molecule has 2 fully saturated rings. The van der Waals surface area contributed by atoms with Gasteiger partial charge in [0.25, 0.3) is 0 Å². The Labute approximate surface area is 113 Å². The normalized spacial score (nSPS) is 26.8. The van der Waals surface area contributed by atoms with Gasteiger partial charge in [-0.25, -0.2) is 0 Å². The molecule has 1 saturated heterocycles. The number of hydrogen-bond acceptors (Lipinski definition) is 4. The summed E-state index contributed by atoms with van der Waals surface area (Å²) in [5.41, 5.74) is 5.48. The maximum Gasteiger partial charge on any atom is 0.244 e. The molecule has 1 saturated carbocycles. The Kier molecular flexibility index (Phi) is 4.42. The minimum atomic E-state index is -0.790. The summed E-state index contributed by atoms with van der Waals surface area (Å²) in [7, 11) is 1.57. The first kappa shape index (κ1) is 14.3. The lowest BCUT2D eigenvalue weighted by Gasteiger charge is -2.41. The Hall–Kier alpha value is -1.14. The highest BCUT2D eigenvalue weighted by atomic mass is 16.5. The second-order valence-corrected chi connectivity index (χ2v) is 5.42. The van der Waals surface area contributed by atoms with E-state index in [4.69, 9.17) is 10.5 Å². The van der Waals surface area contributed by atoms with E-state index in [1.807, 2.05) is 0 Å². The molecule has 1 unspecified atom stereocenters. The lowest BCUT2D eigenvalue weighted by molar-refractivity contribution is -0.153. The molecule has 0 bridgehead atoms. The van der Waals surface area contributed by atoms with Crippen molar-refractivity contribution in [2.24, 2.45) is 5.73 Å². The van der Waals surface area contributed by atoms with Crippen molar-refractivity contribution in [1.29, 1.82) is 0 Å². The fourth-order valence-electron chi connectivity index (χ4n) is 2.91. The van der Waals surface area contributed by atoms with Crippen LogP contribution in [0.15, 0.2) is 0 Å². The molecular formula is C13H23N3O3. The third-order valence-electron chi connectivity index (χ3n) is 4.11. The smallest absolute Gasteiger partial charge is 0.244 e. The summed E-state index contributed by atoms with van der Waals surface area (Å²) in [5.74, 6) is -0.281. The largest absolute Gasteiger partial charge is 0.377 e. The molecule has 0 spiro atoms. The monoisotopic (exact) mass is 269 g/mol. The average molecular weight is 269 g/mol. The molecule has 0 radical (unpaired) electrons. The molecule has 0 aromatic carbocycles. The molecule has 6 heteroatoms. The molecule has 0 aromatic rings. The van der Waals surface area contributed by atoms with Crippen LogP contribution in [-0.2, 0) is 14.3 Å². The molecule has 2 rings (SSSR count). The topological polar surface area (TPSA) is 84.7 Å². The SMILES string of the molecule is CNC(=O)C1COCCN1C(=O)C1(N)CCCCC1. The number of morpholine rings is 1. The number of hydrogen-bond donors (Lipinski definition) is 2. The highest BCUT2D eigenvalue weighted by molar-refractivity contribution is 5.92. The maximum absolute atomic E-state index is 12.7. The molecule has 0 aromatic heterocycles. The van der Waals surface area contributed by atoms with Crippen LogP contribution in [0, 0.1) is 0 Å². The van der Waals surface area contributed by atoms with Gasteiger partial charge in [-0.3, -0.25) is 9.59 Å². The van der Waals surface area contributed by atoms with E-state index in [0.717, 1.165) is 19.3 Å². The van der Waals surface area contributed by atoms with Gasteiger partial charge in [-0.2, -0.15) is 0 Å². The highest BCUT2D eigenvalue weighted by Crippen LogP contribution is 2.28. The number of nitrogens with zero attached hydrogens (tertiary/aromatic N) is 1. The second-order valence-electron chi connectivity index (χ2n) is 5.42. The van der Waals surface area contributed by atoms with Gasteiger partial charge in [0, 0.05) is 13.6 Å². The zero-order valence-electron chi connectivity index (χ0n) is 11.5. The van der Waals surface area contributed by atoms with Gasteiger partial charge >= 0.3 is 0 Å². The predicted octanol–water partition coefficient (Wildman–Crippen LogP) is -0.379. The Morgan fingerprint density at radius 2 is 2.00 bits per heavy atom. The van der Waals surface area contributed by atoms with Crippen LogP contribution in [0.2, 0.25) is 0 Å². The van der Waals surface area contributed by atoms with Crippen LogP contribution in [0.3, 0.4) is 0 Å². The van der Waals surface area contributed by atoms with Gasteiger partial charge in [0.2, 0.25) is 11.8 Å². The van der Waals surface area contributed by atoms with E-state index in [1.165, 1.54) is 0 Å². The van der Waals surface area contributed by atoms with Crippen molar-refractivity contribution in [3.8, 4) is 0 Å². The predicted molar refractivity (Wildman–Crippen MR) is 70.4 cm³/mol. The van der Waals surface area contributed by atoms with Crippen LogP contribution in [0.25, 0.3) is 0 Å². The molecule has 1 heterocycles. The van der Waals surface area contributed by atoms with Gasteiger partial charge in [0.1, 0.15) is 6.04 Å². The molecule has 2 aliphatic rings. The number of carbonyl (C=O) groups excluding carboxylic acids is 2. The number of ether oxygens (including phenoxy) is 1. The number of nitrogens with one attached hydrogen (secondary N) is 1. The zero-order chi connectivity index (χ0) is 13.9. The number of nitrogens with two attached hydrogens (primary N) is 1. The van der Waals surface area contributed by atoms with Crippen molar-refractivity contribution in [3.63, 3.8) is 0 Å². The second kappa shape index (κ2) is 5.88. The third kappa shape index (κ3) is 2.90. The first-order chi connectivity index (χ1) is 9.08. The van der Waals surface area contributed by atoms with E-state index in [-0.39, 0.29) is 18.4 Å². The molecule has 3 N–H and O–H groups in total. The molecule has 6 nitrogen and oxygen atoms in total. The van der Waals surface area contributed by atoms with Gasteiger partial charge in [-0.05, 0) is 12.8 Å². The van der Waals surface area contributed by atoms with Crippen LogP contribution in [0.4, 0.5) is 0 Å². The van der Waals surface area contributed by atoms with Crippen molar-refractivity contribution in [3.05, 3.63) is 0 Å². The van der Waals surface area contributed by atoms with Crippen molar-refractivity contribution >= 4 is 11.8 Å². The Bertz CT molecular complexity index is 353. The molecule has 1 atom stereocenters. The van der Waals surface area contributed by atoms with Gasteiger partial charge in [-0.1, -0.05) is 19.3 Å². The number of carbonyl (C=O) groups is 2. The third-order valence-corrected chi connectivity index (χ3v) is 4.11. The number of rotatable bonds is 2. The van der Waals surface area contributed by atoms with Crippen molar-refractivity contribution in [1.82, 2.24) is 10.2 Å². The van der Waals surface area contributed by atoms with Crippen LogP contribution in [-0.4, -0.2) is 55.1 Å². The zero-order valence-corrected chi connectivity index (χ0v) is 11.5. The summed E-state index contributed by atoms with van der Waals surface area (Å²) < 4.78 is 5.31. The lowest BCUT2D eigenvalue weighted by Crippen LogP contribution is -2.63. The van der Waals surface area contributed by atoms with Crippen molar-refractivity contribution in [2.75, 3.05) is 26.8 Å². The van der Waals surface area contributed by atoms with Crippen LogP contribution >= 0.6 is 0 Å². The number of likely N-dealkylation sites (N-methyl/N-ethyl adjacent to an activating group) is 1. The number of amides is 2. The van der Waals surface area contributed by atoms with E-state index < -0.39 is 11.6 Å². The van der Waals surface area contributed by atoms with Gasteiger partial charge in [0.05, 0.1) is 18.8 Å². The lowest BCUT2D eigenvalue weighted by atomic mass is 9.81. The minimum absolute atomic E-state index is 0.0934. The molecule has 1 aliphatic carbocycles. The summed E-state index contributed by atoms with van der Waals surface area (Å²) in [6.45, 7) is 1.16. The molecular weight excluding hydrogens is 246 g/mol. The highest BCUT2D eigenvalue weighted by Gasteiger charge is 2.43. The maximum atomic E-state index is 12.7. The first-order valence-corrected chi connectivity index (χ1v) is 6.98. The van der Waals surface area contributed by atoms with Crippen molar-refractivity contribution in [2.45, 2.75) is 43.7 Å². The summed E-state index contributed by atoms with van der Waals surface area (Å²) in [6, 6.07) is -0.548. The Morgan fingerprint density at radius 3 is 2.63 bits per heavy atom. The summed E-state index contributed by atoms with van der Waals surface area (Å²) in [5, 5.41) is 2.58. The molecule has 1 aliphatic heterocycles. The average Bonchev–Trinajstić information content (AvgIpc) is 2.46.